The van der Waals surface area contributed by atoms with Crippen LogP contribution in [-0.4, -0.2) is 44.0 Å². The van der Waals surface area contributed by atoms with E-state index in [-0.39, 0.29) is 40.7 Å². The molecule has 198 valence electrons. The van der Waals surface area contributed by atoms with Gasteiger partial charge in [0.1, 0.15) is 0 Å². The molecule has 12 nitrogen and oxygen atoms in total. The van der Waals surface area contributed by atoms with E-state index in [2.05, 4.69) is 10.1 Å². The maximum Gasteiger partial charge on any atom is 0.309 e. The fourth-order valence-corrected chi connectivity index (χ4v) is 3.09. The summed E-state index contributed by atoms with van der Waals surface area (Å²) in [5, 5.41) is 2.61. The first-order chi connectivity index (χ1) is 17.4. The van der Waals surface area contributed by atoms with Crippen molar-refractivity contribution < 1.29 is 52.4 Å². The van der Waals surface area contributed by atoms with Gasteiger partial charge in [-0.1, -0.05) is 6.07 Å². The number of nitrogens with one attached hydrogen (secondary N) is 1. The summed E-state index contributed by atoms with van der Waals surface area (Å²) < 4.78 is 31.5. The van der Waals surface area contributed by atoms with Gasteiger partial charge in [0.25, 0.3) is 6.29 Å². The van der Waals surface area contributed by atoms with Crippen molar-refractivity contribution in [3.05, 3.63) is 41.5 Å². The molecular weight excluding hydrogens is 490 g/mol. The number of hydrogen-bond donors (Lipinski definition) is 1. The van der Waals surface area contributed by atoms with Crippen LogP contribution in [0.2, 0.25) is 0 Å². The molecule has 0 heterocycles. The van der Waals surface area contributed by atoms with Gasteiger partial charge in [0.2, 0.25) is 11.7 Å². The summed E-state index contributed by atoms with van der Waals surface area (Å²) in [6.07, 6.45) is -1.52. The molecule has 0 aromatic heterocycles. The Morgan fingerprint density at radius 1 is 0.811 bits per heavy atom. The van der Waals surface area contributed by atoms with Gasteiger partial charge in [-0.3, -0.25) is 24.0 Å². The number of ether oxygens (including phenoxy) is 6. The fraction of sp³-hybridized carbons (Fsp3) is 0.320. The fourth-order valence-electron chi connectivity index (χ4n) is 3.09. The van der Waals surface area contributed by atoms with Crippen molar-refractivity contribution >= 4 is 35.5 Å². The van der Waals surface area contributed by atoms with E-state index in [0.717, 1.165) is 13.8 Å². The summed E-state index contributed by atoms with van der Waals surface area (Å²) in [5.74, 6) is -3.19. The largest absolute Gasteiger partial charge is 0.493 e. The van der Waals surface area contributed by atoms with Crippen molar-refractivity contribution in [1.29, 1.82) is 0 Å². The van der Waals surface area contributed by atoms with Crippen LogP contribution in [0.4, 0.5) is 5.69 Å². The van der Waals surface area contributed by atoms with E-state index in [0.29, 0.717) is 5.56 Å². The maximum absolute atomic E-state index is 11.8. The quantitative estimate of drug-likeness (QED) is 0.281. The molecule has 0 aliphatic carbocycles. The molecule has 0 radical (unpaired) electrons. The smallest absolute Gasteiger partial charge is 0.309 e. The van der Waals surface area contributed by atoms with Gasteiger partial charge in [0, 0.05) is 33.3 Å². The van der Waals surface area contributed by atoms with E-state index in [1.807, 2.05) is 0 Å². The summed E-state index contributed by atoms with van der Waals surface area (Å²) in [7, 11) is 2.55. The van der Waals surface area contributed by atoms with Gasteiger partial charge in [-0.15, -0.1) is 0 Å². The molecule has 2 aromatic rings. The first kappa shape index (κ1) is 28.6. The van der Waals surface area contributed by atoms with E-state index in [4.69, 9.17) is 23.7 Å². The van der Waals surface area contributed by atoms with Crippen LogP contribution in [0.3, 0.4) is 0 Å². The van der Waals surface area contributed by atoms with E-state index in [9.17, 15) is 24.0 Å². The molecule has 0 fully saturated rings. The predicted octanol–water partition coefficient (Wildman–Crippen LogP) is 3.21. The molecule has 0 spiro atoms. The van der Waals surface area contributed by atoms with Crippen molar-refractivity contribution in [1.82, 2.24) is 0 Å². The lowest BCUT2D eigenvalue weighted by molar-refractivity contribution is -0.186. The molecular formula is C25H27NO11. The van der Waals surface area contributed by atoms with Crippen LogP contribution < -0.4 is 19.5 Å². The Hall–Kier alpha value is -4.61. The topological polar surface area (TPSA) is 153 Å². The van der Waals surface area contributed by atoms with Crippen LogP contribution >= 0.6 is 0 Å². The van der Waals surface area contributed by atoms with E-state index >= 15 is 0 Å². The molecule has 12 heteroatoms. The van der Waals surface area contributed by atoms with Gasteiger partial charge in [0.05, 0.1) is 26.3 Å². The lowest BCUT2D eigenvalue weighted by atomic mass is 10.1. The Morgan fingerprint density at radius 3 is 1.95 bits per heavy atom. The molecule has 0 aliphatic rings. The normalized spacial score (nSPS) is 10.2. The monoisotopic (exact) mass is 517 g/mol. The highest BCUT2D eigenvalue weighted by atomic mass is 16.7. The van der Waals surface area contributed by atoms with Crippen molar-refractivity contribution in [3.8, 4) is 23.0 Å². The Morgan fingerprint density at radius 2 is 1.43 bits per heavy atom. The third kappa shape index (κ3) is 8.53. The molecule has 2 aromatic carbocycles. The highest BCUT2D eigenvalue weighted by Crippen LogP contribution is 2.44. The Kier molecular flexibility index (Phi) is 9.99. The number of esters is 4. The van der Waals surface area contributed by atoms with Gasteiger partial charge in [-0.25, -0.2) is 0 Å². The zero-order valence-corrected chi connectivity index (χ0v) is 21.2. The number of methoxy groups -OCH3 is 2. The minimum absolute atomic E-state index is 0.00427. The zero-order valence-electron chi connectivity index (χ0n) is 21.2. The van der Waals surface area contributed by atoms with E-state index < -0.39 is 36.1 Å². The number of carbonyl (C=O) groups excluding carboxylic acids is 5. The van der Waals surface area contributed by atoms with Gasteiger partial charge in [0.15, 0.2) is 17.2 Å². The first-order valence-electron chi connectivity index (χ1n) is 10.8. The molecule has 0 bridgehead atoms. The summed E-state index contributed by atoms with van der Waals surface area (Å²) in [6.45, 7) is 4.72. The van der Waals surface area contributed by atoms with Crippen LogP contribution in [-0.2, 0) is 44.6 Å². The highest BCUT2D eigenvalue weighted by molar-refractivity contribution is 5.91. The summed E-state index contributed by atoms with van der Waals surface area (Å²) in [6, 6.07) is 7.23. The Labute approximate surface area is 212 Å². The van der Waals surface area contributed by atoms with Crippen LogP contribution in [0.1, 0.15) is 45.1 Å². The number of hydrogen-bond acceptors (Lipinski definition) is 11. The molecule has 0 aliphatic heterocycles. The number of amides is 1. The minimum Gasteiger partial charge on any atom is -0.493 e. The van der Waals surface area contributed by atoms with Crippen LogP contribution in [0.25, 0.3) is 0 Å². The highest BCUT2D eigenvalue weighted by Gasteiger charge is 2.25. The molecule has 0 saturated carbocycles. The second-order valence-corrected chi connectivity index (χ2v) is 7.56. The predicted molar refractivity (Wildman–Crippen MR) is 127 cm³/mol. The second-order valence-electron chi connectivity index (χ2n) is 7.56. The molecule has 0 atom stereocenters. The third-order valence-corrected chi connectivity index (χ3v) is 4.48. The van der Waals surface area contributed by atoms with Crippen molar-refractivity contribution in [2.24, 2.45) is 0 Å². The van der Waals surface area contributed by atoms with Gasteiger partial charge >= 0.3 is 23.9 Å². The number of rotatable bonds is 10. The average molecular weight is 517 g/mol. The SMILES string of the molecule is COC(=O)Cc1ccc(Oc2cc(C(OC(C)=O)OC(C)=O)cc(OC)c2OC(C)=O)c(NC(C)=O)c1. The van der Waals surface area contributed by atoms with Crippen molar-refractivity contribution in [2.75, 3.05) is 19.5 Å². The van der Waals surface area contributed by atoms with Gasteiger partial charge in [-0.05, 0) is 29.8 Å². The Bertz CT molecular complexity index is 1190. The summed E-state index contributed by atoms with van der Waals surface area (Å²) in [5.41, 5.74) is 0.847. The van der Waals surface area contributed by atoms with Crippen LogP contribution in [0.15, 0.2) is 30.3 Å². The van der Waals surface area contributed by atoms with Crippen molar-refractivity contribution in [2.45, 2.75) is 40.4 Å². The van der Waals surface area contributed by atoms with Gasteiger partial charge in [-0.2, -0.15) is 0 Å². The van der Waals surface area contributed by atoms with Gasteiger partial charge < -0.3 is 33.7 Å². The van der Waals surface area contributed by atoms with Crippen molar-refractivity contribution in [3.63, 3.8) is 0 Å². The number of benzene rings is 2. The standard InChI is InChI=1S/C25H27NO11/c1-13(27)26-19-9-17(10-23(31)33-6)7-8-20(19)37-22-12-18(25(35-15(3)29)36-16(4)30)11-21(32-5)24(22)34-14(2)28/h7-9,11-12,25H,10H2,1-6H3,(H,26,27). The van der Waals surface area contributed by atoms with Crippen LogP contribution in [0, 0.1) is 0 Å². The summed E-state index contributed by atoms with van der Waals surface area (Å²) in [4.78, 5) is 58.5. The van der Waals surface area contributed by atoms with Crippen LogP contribution in [0.5, 0.6) is 23.0 Å². The maximum atomic E-state index is 11.8. The first-order valence-corrected chi connectivity index (χ1v) is 10.8. The third-order valence-electron chi connectivity index (χ3n) is 4.48. The molecule has 37 heavy (non-hydrogen) atoms. The van der Waals surface area contributed by atoms with E-state index in [1.165, 1.54) is 52.3 Å². The minimum atomic E-state index is -1.46. The average Bonchev–Trinajstić information content (AvgIpc) is 2.79. The number of anilines is 1. The lowest BCUT2D eigenvalue weighted by Gasteiger charge is -2.21. The molecule has 1 amide bonds. The summed E-state index contributed by atoms with van der Waals surface area (Å²) >= 11 is 0. The zero-order chi connectivity index (χ0) is 27.7. The van der Waals surface area contributed by atoms with E-state index in [1.54, 1.807) is 6.07 Å². The molecule has 1 N–H and O–H groups in total. The molecule has 2 rings (SSSR count). The number of carbonyl (C=O) groups is 5. The molecule has 0 saturated heterocycles. The Balaban J connectivity index is 2.67. The lowest BCUT2D eigenvalue weighted by Crippen LogP contribution is -2.15. The second kappa shape index (κ2) is 12.9. The molecule has 0 unspecified atom stereocenters.